The molecule has 2 amide bonds. The fourth-order valence-corrected chi connectivity index (χ4v) is 7.94. The third kappa shape index (κ3) is 6.26. The molecule has 7 rings (SSSR count). The first-order valence-corrected chi connectivity index (χ1v) is 17.2. The average Bonchev–Trinajstić information content (AvgIpc) is 3.68. The normalized spacial score (nSPS) is 21.6. The molecule has 268 valence electrons. The number of carbonyl (C=O) groups is 2. The Morgan fingerprint density at radius 2 is 2.02 bits per heavy atom. The maximum absolute atomic E-state index is 14.4. The zero-order chi connectivity index (χ0) is 36.2. The lowest BCUT2D eigenvalue weighted by atomic mass is 9.68. The highest BCUT2D eigenvalue weighted by Crippen LogP contribution is 2.51. The van der Waals surface area contributed by atoms with E-state index in [1.54, 1.807) is 15.5 Å². The van der Waals surface area contributed by atoms with Crippen LogP contribution in [0, 0.1) is 5.92 Å². The molecule has 1 aromatic carbocycles. The van der Waals surface area contributed by atoms with Gasteiger partial charge in [-0.25, -0.2) is 4.98 Å². The number of halogens is 4. The Bertz CT molecular complexity index is 2130. The average molecular weight is 726 g/mol. The number of hydrogen-bond acceptors (Lipinski definition) is 8. The van der Waals surface area contributed by atoms with Crippen molar-refractivity contribution in [3.05, 3.63) is 86.3 Å². The van der Waals surface area contributed by atoms with Crippen molar-refractivity contribution in [1.82, 2.24) is 29.0 Å². The molecule has 12 nitrogen and oxygen atoms in total. The van der Waals surface area contributed by atoms with Crippen molar-refractivity contribution in [2.75, 3.05) is 25.1 Å². The van der Waals surface area contributed by atoms with Crippen LogP contribution in [0.2, 0.25) is 5.02 Å². The minimum Gasteiger partial charge on any atom is -0.505 e. The van der Waals surface area contributed by atoms with Crippen LogP contribution in [0.25, 0.3) is 11.4 Å². The number of ether oxygens (including phenoxy) is 1. The van der Waals surface area contributed by atoms with E-state index in [1.807, 2.05) is 19.9 Å². The summed E-state index contributed by atoms with van der Waals surface area (Å²) >= 11 is 6.15. The number of pyridine rings is 1. The van der Waals surface area contributed by atoms with Gasteiger partial charge in [-0.3, -0.25) is 14.4 Å². The van der Waals surface area contributed by atoms with Crippen LogP contribution in [-0.4, -0.2) is 71.8 Å². The zero-order valence-electron chi connectivity index (χ0n) is 27.8. The number of alkyl halides is 3. The van der Waals surface area contributed by atoms with Crippen LogP contribution in [0.1, 0.15) is 84.5 Å². The van der Waals surface area contributed by atoms with Crippen LogP contribution in [-0.2, 0) is 22.3 Å². The molecule has 4 unspecified atom stereocenters. The Kier molecular flexibility index (Phi) is 9.12. The van der Waals surface area contributed by atoms with E-state index < -0.39 is 23.6 Å². The summed E-state index contributed by atoms with van der Waals surface area (Å²) in [5.41, 5.74) is 0.579. The van der Waals surface area contributed by atoms with Crippen molar-refractivity contribution in [2.24, 2.45) is 5.92 Å². The highest BCUT2D eigenvalue weighted by Gasteiger charge is 2.48. The summed E-state index contributed by atoms with van der Waals surface area (Å²) in [4.78, 5) is 52.2. The van der Waals surface area contributed by atoms with E-state index in [2.05, 4.69) is 15.4 Å². The highest BCUT2D eigenvalue weighted by atomic mass is 35.5. The number of rotatable bonds is 8. The minimum absolute atomic E-state index is 0.00407. The van der Waals surface area contributed by atoms with Gasteiger partial charge in [0.2, 0.25) is 11.7 Å². The summed E-state index contributed by atoms with van der Waals surface area (Å²) in [5.74, 6) is -1.27. The van der Waals surface area contributed by atoms with Crippen molar-refractivity contribution in [2.45, 2.75) is 70.1 Å². The summed E-state index contributed by atoms with van der Waals surface area (Å²) in [7, 11) is 0. The van der Waals surface area contributed by atoms with Gasteiger partial charge in [0.15, 0.2) is 11.5 Å². The van der Waals surface area contributed by atoms with Crippen molar-refractivity contribution in [3.8, 4) is 5.75 Å². The Morgan fingerprint density at radius 3 is 2.67 bits per heavy atom. The van der Waals surface area contributed by atoms with Gasteiger partial charge in [-0.05, 0) is 86.3 Å². The Labute approximate surface area is 294 Å². The highest BCUT2D eigenvalue weighted by molar-refractivity contribution is 6.33. The number of carbonyl (C=O) groups excluding carboxylic acids is 2. The maximum atomic E-state index is 14.4. The van der Waals surface area contributed by atoms with E-state index >= 15 is 0 Å². The van der Waals surface area contributed by atoms with Crippen molar-refractivity contribution >= 4 is 40.5 Å². The number of nitrogens with one attached hydrogen (secondary N) is 1. The third-order valence-corrected chi connectivity index (χ3v) is 10.5. The van der Waals surface area contributed by atoms with Crippen LogP contribution in [0.5, 0.6) is 5.75 Å². The first-order valence-electron chi connectivity index (χ1n) is 16.8. The van der Waals surface area contributed by atoms with E-state index in [4.69, 9.17) is 21.3 Å². The summed E-state index contributed by atoms with van der Waals surface area (Å²) in [5, 5.41) is 17.3. The third-order valence-electron chi connectivity index (χ3n) is 10.2. The maximum Gasteiger partial charge on any atom is 0.416 e. The summed E-state index contributed by atoms with van der Waals surface area (Å²) in [6, 6.07) is 5.43. The molecule has 1 aliphatic heterocycles. The van der Waals surface area contributed by atoms with E-state index in [9.17, 15) is 32.7 Å². The standard InChI is InChI=1S/C35H35ClF3N7O5/c1-3-44(33(50)29-26(47)5-4-12-40-29)25-9-7-21(25)22-15-18(2)30-28(22)32(49)46-34(42-31(43-46)19-10-13-51-14-11-19)45(30)17-27(48)41-24-8-6-20(16-23(24)36)35(37,38)39/h4-6,8,10,12,16,18,21-22,25,47H,3,7,9,11,13-15,17H2,1-2H3,(H,41,48). The molecule has 1 fully saturated rings. The SMILES string of the molecule is CCN(C(=O)c1ncccc1O)C1CCC1C1CC(C)c2c1c(=O)n1nc(C3=CCOCC3)nc1n2CC(=O)Nc1ccc(C(F)(F)F)cc1Cl. The van der Waals surface area contributed by atoms with E-state index in [0.717, 1.165) is 30.2 Å². The minimum atomic E-state index is -4.60. The number of amides is 2. The fourth-order valence-electron chi connectivity index (χ4n) is 7.71. The molecule has 4 atom stereocenters. The van der Waals surface area contributed by atoms with Gasteiger partial charge in [0.1, 0.15) is 12.3 Å². The van der Waals surface area contributed by atoms with Crippen LogP contribution < -0.4 is 10.9 Å². The predicted octanol–water partition coefficient (Wildman–Crippen LogP) is 5.64. The van der Waals surface area contributed by atoms with Gasteiger partial charge in [-0.2, -0.15) is 22.7 Å². The van der Waals surface area contributed by atoms with Crippen LogP contribution in [0.3, 0.4) is 0 Å². The second-order valence-electron chi connectivity index (χ2n) is 13.1. The first-order chi connectivity index (χ1) is 24.4. The van der Waals surface area contributed by atoms with Crippen LogP contribution in [0.4, 0.5) is 18.9 Å². The molecule has 16 heteroatoms. The van der Waals surface area contributed by atoms with Crippen molar-refractivity contribution in [3.63, 3.8) is 0 Å². The lowest BCUT2D eigenvalue weighted by Crippen LogP contribution is -2.52. The van der Waals surface area contributed by atoms with Gasteiger partial charge in [0, 0.05) is 30.0 Å². The summed E-state index contributed by atoms with van der Waals surface area (Å²) < 4.78 is 48.0. The van der Waals surface area contributed by atoms with Crippen LogP contribution in [0.15, 0.2) is 47.4 Å². The molecule has 2 aliphatic carbocycles. The molecule has 0 bridgehead atoms. The molecule has 2 N–H and O–H groups in total. The van der Waals surface area contributed by atoms with Gasteiger partial charge >= 0.3 is 6.18 Å². The van der Waals surface area contributed by atoms with Crippen LogP contribution >= 0.6 is 11.6 Å². The molecule has 3 aliphatic rings. The monoisotopic (exact) mass is 725 g/mol. The van der Waals surface area contributed by atoms with Gasteiger partial charge in [0.25, 0.3) is 11.5 Å². The van der Waals surface area contributed by atoms with Crippen molar-refractivity contribution < 1.29 is 32.6 Å². The molecular weight excluding hydrogens is 691 g/mol. The quantitative estimate of drug-likeness (QED) is 0.238. The molecule has 4 heterocycles. The molecule has 3 aromatic heterocycles. The summed E-state index contributed by atoms with van der Waals surface area (Å²) in [6.07, 6.45) is 1.25. The lowest BCUT2D eigenvalue weighted by Gasteiger charge is -2.47. The molecule has 0 saturated heterocycles. The summed E-state index contributed by atoms with van der Waals surface area (Å²) in [6.45, 7) is 4.70. The number of fused-ring (bicyclic) bond motifs is 2. The van der Waals surface area contributed by atoms with Gasteiger partial charge in [0.05, 0.1) is 29.5 Å². The Hall–Kier alpha value is -4.76. The molecule has 0 radical (unpaired) electrons. The number of nitrogens with zero attached hydrogens (tertiary/aromatic N) is 6. The number of anilines is 1. The number of benzene rings is 1. The molecule has 4 aromatic rings. The second-order valence-corrected chi connectivity index (χ2v) is 13.6. The van der Waals surface area contributed by atoms with E-state index in [0.29, 0.717) is 56.1 Å². The van der Waals surface area contributed by atoms with Crippen molar-refractivity contribution in [1.29, 1.82) is 0 Å². The van der Waals surface area contributed by atoms with E-state index in [-0.39, 0.29) is 63.8 Å². The Morgan fingerprint density at radius 1 is 1.22 bits per heavy atom. The van der Waals surface area contributed by atoms with Gasteiger partial charge in [-0.1, -0.05) is 24.6 Å². The zero-order valence-corrected chi connectivity index (χ0v) is 28.5. The topological polar surface area (TPSA) is 144 Å². The largest absolute Gasteiger partial charge is 0.505 e. The predicted molar refractivity (Wildman–Crippen MR) is 181 cm³/mol. The van der Waals surface area contributed by atoms with Gasteiger partial charge in [-0.15, -0.1) is 5.10 Å². The lowest BCUT2D eigenvalue weighted by molar-refractivity contribution is -0.137. The Balaban J connectivity index is 1.27. The molecular formula is C35H35ClF3N7O5. The molecule has 0 spiro atoms. The fraction of sp³-hybridized carbons (Fsp3) is 0.429. The number of hydrogen-bond donors (Lipinski definition) is 2. The van der Waals surface area contributed by atoms with E-state index in [1.165, 1.54) is 16.8 Å². The smallest absolute Gasteiger partial charge is 0.416 e. The number of aromatic nitrogens is 5. The molecule has 1 saturated carbocycles. The molecule has 51 heavy (non-hydrogen) atoms. The second kappa shape index (κ2) is 13.4. The number of aromatic hydroxyl groups is 1. The first kappa shape index (κ1) is 34.7. The van der Waals surface area contributed by atoms with Gasteiger partial charge < -0.3 is 24.6 Å².